The molecule has 3 fully saturated rings. The zero-order chi connectivity index (χ0) is 18.9. The molecule has 2 N–H and O–H groups in total. The van der Waals surface area contributed by atoms with E-state index in [9.17, 15) is 14.4 Å². The molecule has 0 radical (unpaired) electrons. The molecule has 1 aromatic carbocycles. The van der Waals surface area contributed by atoms with Gasteiger partial charge >= 0.3 is 0 Å². The number of quaternary nitrogens is 1. The van der Waals surface area contributed by atoms with Crippen molar-refractivity contribution in [2.45, 2.75) is 24.4 Å². The van der Waals surface area contributed by atoms with Gasteiger partial charge in [-0.2, -0.15) is 0 Å². The van der Waals surface area contributed by atoms with Crippen LogP contribution < -0.4 is 10.2 Å². The highest BCUT2D eigenvalue weighted by molar-refractivity contribution is 6.31. The van der Waals surface area contributed by atoms with Crippen LogP contribution in [0.15, 0.2) is 18.2 Å². The van der Waals surface area contributed by atoms with Gasteiger partial charge in [0.1, 0.15) is 17.9 Å². The van der Waals surface area contributed by atoms with Gasteiger partial charge in [-0.15, -0.1) is 0 Å². The second-order valence-electron chi connectivity index (χ2n) is 7.80. The van der Waals surface area contributed by atoms with Gasteiger partial charge in [-0.25, -0.2) is 0 Å². The third kappa shape index (κ3) is 1.97. The van der Waals surface area contributed by atoms with Gasteiger partial charge in [0.2, 0.25) is 17.4 Å². The lowest BCUT2D eigenvalue weighted by Crippen LogP contribution is -3.19. The molecule has 0 aromatic heterocycles. The number of halogens is 1. The first-order valence-electron chi connectivity index (χ1n) is 9.33. The van der Waals surface area contributed by atoms with Gasteiger partial charge in [-0.3, -0.25) is 19.3 Å². The molecule has 8 heteroatoms. The van der Waals surface area contributed by atoms with E-state index >= 15 is 0 Å². The molecule has 5 atom stereocenters. The molecule has 4 aliphatic rings. The summed E-state index contributed by atoms with van der Waals surface area (Å²) in [7, 11) is 1.54. The van der Waals surface area contributed by atoms with E-state index < -0.39 is 17.4 Å². The van der Waals surface area contributed by atoms with Crippen LogP contribution in [-0.2, 0) is 24.7 Å². The molecule has 5 rings (SSSR count). The number of rotatable bonds is 3. The fraction of sp³-hybridized carbons (Fsp3) is 0.526. The monoisotopic (exact) mass is 390 g/mol. The van der Waals surface area contributed by atoms with Gasteiger partial charge < -0.3 is 15.0 Å². The number of hydrogen-bond acceptors (Lipinski definition) is 4. The maximum absolute atomic E-state index is 13.4. The quantitative estimate of drug-likeness (QED) is 0.700. The lowest BCUT2D eigenvalue weighted by molar-refractivity contribution is -0.948. The van der Waals surface area contributed by atoms with Crippen molar-refractivity contribution < 1.29 is 24.0 Å². The molecule has 4 aliphatic heterocycles. The third-order valence-corrected chi connectivity index (χ3v) is 7.02. The van der Waals surface area contributed by atoms with Crippen LogP contribution in [0.4, 0.5) is 5.69 Å². The highest BCUT2D eigenvalue weighted by atomic mass is 35.5. The van der Waals surface area contributed by atoms with Crippen LogP contribution in [0.2, 0.25) is 5.02 Å². The molecular weight excluding hydrogens is 370 g/mol. The minimum absolute atomic E-state index is 0.0188. The molecule has 4 heterocycles. The Hall–Kier alpha value is -1.96. The molecule has 142 valence electrons. The van der Waals surface area contributed by atoms with Gasteiger partial charge in [0.15, 0.2) is 0 Å². The molecule has 1 spiro atoms. The van der Waals surface area contributed by atoms with Crippen molar-refractivity contribution in [1.82, 2.24) is 4.90 Å². The lowest BCUT2D eigenvalue weighted by Gasteiger charge is -2.33. The van der Waals surface area contributed by atoms with E-state index in [1.165, 1.54) is 4.90 Å². The first-order valence-corrected chi connectivity index (χ1v) is 9.71. The summed E-state index contributed by atoms with van der Waals surface area (Å²) in [6, 6.07) is 5.28. The smallest absolute Gasteiger partial charge is 0.291 e. The molecule has 27 heavy (non-hydrogen) atoms. The molecule has 0 aliphatic carbocycles. The number of carbonyl (C=O) groups excluding carboxylic acids is 3. The summed E-state index contributed by atoms with van der Waals surface area (Å²) in [4.78, 5) is 42.2. The van der Waals surface area contributed by atoms with Crippen LogP contribution in [0, 0.1) is 11.8 Å². The minimum atomic E-state index is -1.07. The van der Waals surface area contributed by atoms with Gasteiger partial charge in [0.25, 0.3) is 5.91 Å². The van der Waals surface area contributed by atoms with E-state index in [0.717, 1.165) is 29.8 Å². The summed E-state index contributed by atoms with van der Waals surface area (Å²) in [5, 5.41) is 3.48. The normalized spacial score (nSPS) is 36.4. The first-order chi connectivity index (χ1) is 13.0. The summed E-state index contributed by atoms with van der Waals surface area (Å²) < 4.78 is 5.07. The molecule has 0 bridgehead atoms. The van der Waals surface area contributed by atoms with Crippen molar-refractivity contribution in [3.63, 3.8) is 0 Å². The van der Waals surface area contributed by atoms with Crippen LogP contribution in [0.25, 0.3) is 0 Å². The Morgan fingerprint density at radius 1 is 1.33 bits per heavy atom. The van der Waals surface area contributed by atoms with Crippen molar-refractivity contribution in [2.75, 3.05) is 32.1 Å². The molecule has 7 nitrogen and oxygen atoms in total. The van der Waals surface area contributed by atoms with E-state index in [-0.39, 0.29) is 30.3 Å². The van der Waals surface area contributed by atoms with E-state index in [1.807, 2.05) is 0 Å². The summed E-state index contributed by atoms with van der Waals surface area (Å²) in [6.07, 6.45) is 1.78. The molecular formula is C19H21ClN3O4+. The fourth-order valence-corrected chi connectivity index (χ4v) is 6.07. The van der Waals surface area contributed by atoms with Crippen molar-refractivity contribution >= 4 is 35.0 Å². The minimum Gasteiger partial charge on any atom is -0.383 e. The Bertz CT molecular complexity index is 875. The van der Waals surface area contributed by atoms with Gasteiger partial charge in [0.05, 0.1) is 25.4 Å². The molecule has 3 amide bonds. The number of imide groups is 1. The Morgan fingerprint density at radius 3 is 2.93 bits per heavy atom. The molecule has 1 aromatic rings. The molecule has 3 saturated heterocycles. The zero-order valence-corrected chi connectivity index (χ0v) is 15.7. The maximum atomic E-state index is 13.4. The van der Waals surface area contributed by atoms with Crippen LogP contribution in [0.5, 0.6) is 0 Å². The summed E-state index contributed by atoms with van der Waals surface area (Å²) in [6.45, 7) is 1.29. The van der Waals surface area contributed by atoms with E-state index in [4.69, 9.17) is 16.3 Å². The number of fused-ring (bicyclic) bond motifs is 7. The maximum Gasteiger partial charge on any atom is 0.291 e. The van der Waals surface area contributed by atoms with E-state index in [1.54, 1.807) is 25.3 Å². The predicted molar refractivity (Wildman–Crippen MR) is 96.2 cm³/mol. The summed E-state index contributed by atoms with van der Waals surface area (Å²) in [5.74, 6) is -1.74. The molecule has 1 unspecified atom stereocenters. The largest absolute Gasteiger partial charge is 0.383 e. The number of hydrogen-bond donors (Lipinski definition) is 2. The number of nitrogens with one attached hydrogen (secondary N) is 2. The van der Waals surface area contributed by atoms with Crippen molar-refractivity contribution in [1.29, 1.82) is 0 Å². The number of benzene rings is 1. The Labute approximate surface area is 161 Å². The topological polar surface area (TPSA) is 80.1 Å². The van der Waals surface area contributed by atoms with Crippen LogP contribution >= 0.6 is 11.6 Å². The number of likely N-dealkylation sites (tertiary alicyclic amines) is 1. The molecule has 0 saturated carbocycles. The number of nitrogens with zero attached hydrogens (tertiary/aromatic N) is 1. The van der Waals surface area contributed by atoms with Gasteiger partial charge in [-0.05, 0) is 18.2 Å². The Balaban J connectivity index is 1.69. The number of anilines is 1. The van der Waals surface area contributed by atoms with Crippen LogP contribution in [0.3, 0.4) is 0 Å². The predicted octanol–water partition coefficient (Wildman–Crippen LogP) is -0.204. The van der Waals surface area contributed by atoms with E-state index in [2.05, 4.69) is 5.32 Å². The van der Waals surface area contributed by atoms with Crippen molar-refractivity contribution in [3.05, 3.63) is 28.8 Å². The Kier molecular flexibility index (Phi) is 3.67. The zero-order valence-electron chi connectivity index (χ0n) is 15.0. The first kappa shape index (κ1) is 17.2. The van der Waals surface area contributed by atoms with Gasteiger partial charge in [0, 0.05) is 30.5 Å². The van der Waals surface area contributed by atoms with Crippen molar-refractivity contribution in [2.24, 2.45) is 11.8 Å². The number of methoxy groups -OCH3 is 1. The third-order valence-electron chi connectivity index (χ3n) is 6.79. The second-order valence-corrected chi connectivity index (χ2v) is 8.24. The second kappa shape index (κ2) is 5.77. The van der Waals surface area contributed by atoms with Crippen LogP contribution in [-0.4, -0.2) is 55.5 Å². The van der Waals surface area contributed by atoms with E-state index in [0.29, 0.717) is 17.3 Å². The number of ether oxygens (including phenoxy) is 1. The fourth-order valence-electron chi connectivity index (χ4n) is 5.89. The highest BCUT2D eigenvalue weighted by Crippen LogP contribution is 2.51. The Morgan fingerprint density at radius 2 is 2.15 bits per heavy atom. The van der Waals surface area contributed by atoms with Crippen LogP contribution in [0.1, 0.15) is 18.4 Å². The average Bonchev–Trinajstić information content (AvgIpc) is 3.33. The standard InChI is InChI=1S/C19H20ClN3O4/c1-27-8-7-22-16(24)14-13-3-2-6-23(13)19(15(14)17(22)25)11-9-10(20)4-5-12(11)21-18(19)26/h4-5,9,13-15H,2-3,6-8H2,1H3,(H,21,26)/p+1/t13-,14+,15-,19+/m0/s1. The van der Waals surface area contributed by atoms with Crippen molar-refractivity contribution in [3.8, 4) is 0 Å². The highest BCUT2D eigenvalue weighted by Gasteiger charge is 2.78. The SMILES string of the molecule is COCCN1C(=O)[C@H]2[C@@H](C1=O)[C@]1(C(=O)Nc3ccc(Cl)cc31)[NH+]1CCC[C@@H]21. The number of carbonyl (C=O) groups is 3. The number of amides is 3. The summed E-state index contributed by atoms with van der Waals surface area (Å²) in [5.41, 5.74) is 0.378. The average molecular weight is 391 g/mol. The summed E-state index contributed by atoms with van der Waals surface area (Å²) >= 11 is 6.25. The lowest BCUT2D eigenvalue weighted by atomic mass is 9.75. The van der Waals surface area contributed by atoms with Gasteiger partial charge in [-0.1, -0.05) is 11.6 Å².